The van der Waals surface area contributed by atoms with Crippen molar-refractivity contribution in [2.45, 2.75) is 19.8 Å². The number of rotatable bonds is 5. The van der Waals surface area contributed by atoms with Gasteiger partial charge >= 0.3 is 0 Å². The third kappa shape index (κ3) is 2.82. The van der Waals surface area contributed by atoms with Gasteiger partial charge in [0, 0.05) is 6.54 Å². The van der Waals surface area contributed by atoms with Crippen LogP contribution in [0, 0.1) is 15.5 Å². The second kappa shape index (κ2) is 4.17. The predicted molar refractivity (Wildman–Crippen MR) is 64.5 cm³/mol. The van der Waals surface area contributed by atoms with Gasteiger partial charge < -0.3 is 10.7 Å². The van der Waals surface area contributed by atoms with Crippen molar-refractivity contribution in [2.24, 2.45) is 11.3 Å². The first-order valence-electron chi connectivity index (χ1n) is 5.39. The van der Waals surface area contributed by atoms with Gasteiger partial charge in [-0.3, -0.25) is 10.1 Å². The van der Waals surface area contributed by atoms with E-state index < -0.39 is 4.92 Å². The topological polar surface area (TPSA) is 106 Å². The molecule has 4 N–H and O–H groups in total. The molecule has 7 heteroatoms. The van der Waals surface area contributed by atoms with Crippen LogP contribution in [-0.4, -0.2) is 16.5 Å². The smallest absolute Gasteiger partial charge is 0.276 e. The van der Waals surface area contributed by atoms with E-state index in [0.717, 1.165) is 6.54 Å². The van der Waals surface area contributed by atoms with Crippen LogP contribution in [0.4, 0.5) is 17.3 Å². The average Bonchev–Trinajstić information content (AvgIpc) is 3.05. The highest BCUT2D eigenvalue weighted by Gasteiger charge is 2.36. The lowest BCUT2D eigenvalue weighted by Crippen LogP contribution is -2.15. The molecule has 1 aliphatic carbocycles. The number of nitrogens with zero attached hydrogens (tertiary/aromatic N) is 2. The van der Waals surface area contributed by atoms with Gasteiger partial charge in [-0.2, -0.15) is 0 Å². The number of hydrogen-bond acceptors (Lipinski definition) is 6. The fourth-order valence-corrected chi connectivity index (χ4v) is 1.48. The lowest BCUT2D eigenvalue weighted by molar-refractivity contribution is -0.384. The van der Waals surface area contributed by atoms with E-state index in [2.05, 4.69) is 22.7 Å². The van der Waals surface area contributed by atoms with Crippen molar-refractivity contribution in [1.29, 1.82) is 0 Å². The Balaban J connectivity index is 2.14. The zero-order valence-corrected chi connectivity index (χ0v) is 9.56. The fourth-order valence-electron chi connectivity index (χ4n) is 1.48. The van der Waals surface area contributed by atoms with Crippen LogP contribution < -0.4 is 16.6 Å². The largest absolute Gasteiger partial charge is 0.369 e. The molecule has 0 radical (unpaired) electrons. The van der Waals surface area contributed by atoms with Crippen LogP contribution in [0.5, 0.6) is 0 Å². The van der Waals surface area contributed by atoms with Crippen molar-refractivity contribution >= 4 is 17.3 Å². The number of nitro groups is 1. The number of hydrogen-bond donors (Lipinski definition) is 3. The van der Waals surface area contributed by atoms with Crippen molar-refractivity contribution in [3.8, 4) is 0 Å². The first-order chi connectivity index (χ1) is 8.02. The van der Waals surface area contributed by atoms with Crippen LogP contribution in [0.2, 0.25) is 0 Å². The van der Waals surface area contributed by atoms with Gasteiger partial charge in [-0.15, -0.1) is 0 Å². The van der Waals surface area contributed by atoms with E-state index >= 15 is 0 Å². The van der Waals surface area contributed by atoms with E-state index in [0.29, 0.717) is 11.2 Å². The maximum absolute atomic E-state index is 10.7. The number of aromatic nitrogens is 1. The number of nitrogens with one attached hydrogen (secondary N) is 2. The molecule has 0 spiro atoms. The van der Waals surface area contributed by atoms with Crippen LogP contribution >= 0.6 is 0 Å². The Bertz CT molecular complexity index is 444. The molecule has 1 saturated carbocycles. The molecule has 7 nitrogen and oxygen atoms in total. The SMILES string of the molecule is CC1(CNc2cc([N+](=O)[O-])cc(NN)n2)CC1. The van der Waals surface area contributed by atoms with E-state index in [1.807, 2.05) is 0 Å². The van der Waals surface area contributed by atoms with Crippen molar-refractivity contribution in [3.05, 3.63) is 22.2 Å². The molecule has 0 bridgehead atoms. The van der Waals surface area contributed by atoms with Crippen molar-refractivity contribution in [1.82, 2.24) is 4.98 Å². The Kier molecular flexibility index (Phi) is 2.84. The van der Waals surface area contributed by atoms with Crippen molar-refractivity contribution < 1.29 is 4.92 Å². The Hall–Kier alpha value is -1.89. The minimum Gasteiger partial charge on any atom is -0.369 e. The Labute approximate surface area is 98.5 Å². The molecule has 0 aromatic carbocycles. The summed E-state index contributed by atoms with van der Waals surface area (Å²) in [6.07, 6.45) is 2.36. The van der Waals surface area contributed by atoms with E-state index in [-0.39, 0.29) is 11.5 Å². The maximum Gasteiger partial charge on any atom is 0.276 e. The molecule has 0 atom stereocenters. The summed E-state index contributed by atoms with van der Waals surface area (Å²) in [6, 6.07) is 2.70. The van der Waals surface area contributed by atoms with Gasteiger partial charge in [0.2, 0.25) is 0 Å². The quantitative estimate of drug-likeness (QED) is 0.407. The number of pyridine rings is 1. The van der Waals surface area contributed by atoms with Crippen molar-refractivity contribution in [2.75, 3.05) is 17.3 Å². The van der Waals surface area contributed by atoms with Crippen LogP contribution in [0.15, 0.2) is 12.1 Å². The van der Waals surface area contributed by atoms with E-state index in [9.17, 15) is 10.1 Å². The molecule has 1 aromatic rings. The molecule has 17 heavy (non-hydrogen) atoms. The third-order valence-electron chi connectivity index (χ3n) is 2.97. The summed E-state index contributed by atoms with van der Waals surface area (Å²) in [5.41, 5.74) is 2.60. The molecule has 0 amide bonds. The number of anilines is 2. The molecular weight excluding hydrogens is 222 g/mol. The molecule has 92 valence electrons. The lowest BCUT2D eigenvalue weighted by atomic mass is 10.1. The molecule has 2 rings (SSSR count). The molecular formula is C10H15N5O2. The summed E-state index contributed by atoms with van der Waals surface area (Å²) >= 11 is 0. The number of hydrazine groups is 1. The summed E-state index contributed by atoms with van der Waals surface area (Å²) in [4.78, 5) is 14.4. The molecule has 1 fully saturated rings. The predicted octanol–water partition coefficient (Wildman–Crippen LogP) is 1.49. The summed E-state index contributed by atoms with van der Waals surface area (Å²) in [5, 5.41) is 13.8. The zero-order chi connectivity index (χ0) is 12.5. The highest BCUT2D eigenvalue weighted by Crippen LogP contribution is 2.44. The number of nitrogens with two attached hydrogens (primary N) is 1. The van der Waals surface area contributed by atoms with Gasteiger partial charge in [-0.25, -0.2) is 10.8 Å². The monoisotopic (exact) mass is 237 g/mol. The van der Waals surface area contributed by atoms with Gasteiger partial charge in [-0.1, -0.05) is 6.92 Å². The number of nitrogen functional groups attached to an aromatic ring is 1. The van der Waals surface area contributed by atoms with Crippen LogP contribution in [0.3, 0.4) is 0 Å². The van der Waals surface area contributed by atoms with Gasteiger partial charge in [0.25, 0.3) is 5.69 Å². The molecule has 0 saturated heterocycles. The van der Waals surface area contributed by atoms with Gasteiger partial charge in [0.15, 0.2) is 0 Å². The minimum atomic E-state index is -0.466. The third-order valence-corrected chi connectivity index (χ3v) is 2.97. The second-order valence-electron chi connectivity index (χ2n) is 4.66. The highest BCUT2D eigenvalue weighted by molar-refractivity contribution is 5.54. The fraction of sp³-hybridized carbons (Fsp3) is 0.500. The average molecular weight is 237 g/mol. The molecule has 1 aliphatic rings. The van der Waals surface area contributed by atoms with Gasteiger partial charge in [-0.05, 0) is 18.3 Å². The highest BCUT2D eigenvalue weighted by atomic mass is 16.6. The maximum atomic E-state index is 10.7. The Morgan fingerprint density at radius 3 is 2.71 bits per heavy atom. The first kappa shape index (κ1) is 11.6. The minimum absolute atomic E-state index is 0.0311. The van der Waals surface area contributed by atoms with Crippen LogP contribution in [-0.2, 0) is 0 Å². The summed E-state index contributed by atoms with van der Waals surface area (Å²) < 4.78 is 0. The van der Waals surface area contributed by atoms with Gasteiger partial charge in [0.1, 0.15) is 11.6 Å². The summed E-state index contributed by atoms with van der Waals surface area (Å²) in [7, 11) is 0. The summed E-state index contributed by atoms with van der Waals surface area (Å²) in [5.74, 6) is 5.97. The van der Waals surface area contributed by atoms with Crippen LogP contribution in [0.1, 0.15) is 19.8 Å². The first-order valence-corrected chi connectivity index (χ1v) is 5.39. The Morgan fingerprint density at radius 1 is 1.53 bits per heavy atom. The summed E-state index contributed by atoms with van der Waals surface area (Å²) in [6.45, 7) is 2.94. The lowest BCUT2D eigenvalue weighted by Gasteiger charge is -2.11. The second-order valence-corrected chi connectivity index (χ2v) is 4.66. The van der Waals surface area contributed by atoms with E-state index in [1.54, 1.807) is 0 Å². The zero-order valence-electron chi connectivity index (χ0n) is 9.56. The molecule has 0 aliphatic heterocycles. The van der Waals surface area contributed by atoms with Crippen molar-refractivity contribution in [3.63, 3.8) is 0 Å². The molecule has 1 aromatic heterocycles. The molecule has 1 heterocycles. The van der Waals surface area contributed by atoms with Crippen LogP contribution in [0.25, 0.3) is 0 Å². The van der Waals surface area contributed by atoms with E-state index in [1.165, 1.54) is 25.0 Å². The Morgan fingerprint density at radius 2 is 2.18 bits per heavy atom. The standard InChI is InChI=1S/C10H15N5O2/c1-10(2-3-10)6-12-8-4-7(15(16)17)5-9(13-8)14-11/h4-5H,2-3,6,11H2,1H3,(H2,12,13,14). The normalized spacial score (nSPS) is 16.4. The van der Waals surface area contributed by atoms with Gasteiger partial charge in [0.05, 0.1) is 17.1 Å². The molecule has 0 unspecified atom stereocenters. The van der Waals surface area contributed by atoms with E-state index in [4.69, 9.17) is 5.84 Å².